The summed E-state index contributed by atoms with van der Waals surface area (Å²) in [5.74, 6) is 0.851. The van der Waals surface area contributed by atoms with Crippen LogP contribution in [0.5, 0.6) is 5.75 Å². The first-order chi connectivity index (χ1) is 9.65. The molecule has 0 atom stereocenters. The maximum absolute atomic E-state index is 9.88. The van der Waals surface area contributed by atoms with Crippen LogP contribution >= 0.6 is 12.2 Å². The van der Waals surface area contributed by atoms with Gasteiger partial charge in [-0.25, -0.2) is 0 Å². The molecule has 6 heteroatoms. The Morgan fingerprint density at radius 3 is 2.75 bits per heavy atom. The van der Waals surface area contributed by atoms with Gasteiger partial charge in [0.2, 0.25) is 4.77 Å². The first-order valence-electron chi connectivity index (χ1n) is 6.06. The van der Waals surface area contributed by atoms with Gasteiger partial charge in [0.1, 0.15) is 11.4 Å². The van der Waals surface area contributed by atoms with Crippen LogP contribution in [0.15, 0.2) is 36.4 Å². The topological polar surface area (TPSA) is 73.8 Å². The molecule has 1 heterocycles. The van der Waals surface area contributed by atoms with Crippen LogP contribution < -0.4 is 5.32 Å². The summed E-state index contributed by atoms with van der Waals surface area (Å²) >= 11 is 4.98. The molecule has 0 unspecified atom stereocenters. The standard InChI is InChI=1S/C14H12N4OS/c1-8-13(16-14(20)18-17-8)15-11-6-2-5-10-9(11)4-3-7-12(10)19/h2-7,19H,1H3,(H2,15,16,18,20). The highest BCUT2D eigenvalue weighted by atomic mass is 32.1. The highest BCUT2D eigenvalue weighted by Gasteiger charge is 2.07. The van der Waals surface area contributed by atoms with Gasteiger partial charge in [-0.15, -0.1) is 0 Å². The summed E-state index contributed by atoms with van der Waals surface area (Å²) in [6.07, 6.45) is 0. The van der Waals surface area contributed by atoms with Crippen molar-refractivity contribution in [3.05, 3.63) is 46.9 Å². The number of H-pyrrole nitrogens is 1. The third-order valence-electron chi connectivity index (χ3n) is 3.03. The summed E-state index contributed by atoms with van der Waals surface area (Å²) in [5, 5.41) is 21.5. The normalized spacial score (nSPS) is 10.7. The Bertz CT molecular complexity index is 844. The second-order valence-electron chi connectivity index (χ2n) is 4.38. The second-order valence-corrected chi connectivity index (χ2v) is 4.76. The SMILES string of the molecule is Cc1n[nH]c(=S)nc1Nc1cccc2c(O)cccc12. The van der Waals surface area contributed by atoms with E-state index in [1.165, 1.54) is 0 Å². The lowest BCUT2D eigenvalue weighted by Gasteiger charge is -2.10. The van der Waals surface area contributed by atoms with Crippen molar-refractivity contribution >= 4 is 34.5 Å². The molecule has 0 fully saturated rings. The van der Waals surface area contributed by atoms with Crippen molar-refractivity contribution in [2.75, 3.05) is 5.32 Å². The number of nitrogens with zero attached hydrogens (tertiary/aromatic N) is 2. The summed E-state index contributed by atoms with van der Waals surface area (Å²) in [6, 6.07) is 11.1. The molecular formula is C14H12N4OS. The minimum absolute atomic E-state index is 0.249. The summed E-state index contributed by atoms with van der Waals surface area (Å²) in [4.78, 5) is 4.22. The van der Waals surface area contributed by atoms with Gasteiger partial charge in [-0.05, 0) is 31.3 Å². The Kier molecular flexibility index (Phi) is 3.08. The number of phenols is 1. The zero-order chi connectivity index (χ0) is 14.1. The average molecular weight is 284 g/mol. The van der Waals surface area contributed by atoms with Crippen LogP contribution in [0, 0.1) is 11.7 Å². The van der Waals surface area contributed by atoms with Crippen molar-refractivity contribution in [1.82, 2.24) is 15.2 Å². The van der Waals surface area contributed by atoms with Gasteiger partial charge in [0.25, 0.3) is 0 Å². The van der Waals surface area contributed by atoms with Gasteiger partial charge in [-0.3, -0.25) is 5.10 Å². The number of nitrogens with one attached hydrogen (secondary N) is 2. The van der Waals surface area contributed by atoms with Gasteiger partial charge in [-0.2, -0.15) is 10.1 Å². The Balaban J connectivity index is 2.14. The first kappa shape index (κ1) is 12.6. The number of hydrogen-bond acceptors (Lipinski definition) is 5. The van der Waals surface area contributed by atoms with E-state index < -0.39 is 0 Å². The number of hydrogen-bond donors (Lipinski definition) is 3. The van der Waals surface area contributed by atoms with E-state index in [0.29, 0.717) is 10.6 Å². The van der Waals surface area contributed by atoms with Crippen LogP contribution in [0.4, 0.5) is 11.5 Å². The minimum atomic E-state index is 0.249. The summed E-state index contributed by atoms with van der Waals surface area (Å²) < 4.78 is 0.321. The zero-order valence-electron chi connectivity index (χ0n) is 10.7. The van der Waals surface area contributed by atoms with Crippen LogP contribution in [0.25, 0.3) is 10.8 Å². The van der Waals surface area contributed by atoms with E-state index in [1.807, 2.05) is 31.2 Å². The molecule has 5 nitrogen and oxygen atoms in total. The van der Waals surface area contributed by atoms with E-state index in [2.05, 4.69) is 20.5 Å². The molecule has 20 heavy (non-hydrogen) atoms. The van der Waals surface area contributed by atoms with Crippen LogP contribution in [0.2, 0.25) is 0 Å². The maximum atomic E-state index is 9.88. The fourth-order valence-corrected chi connectivity index (χ4v) is 2.18. The number of aromatic hydroxyl groups is 1. The number of aromatic nitrogens is 3. The largest absolute Gasteiger partial charge is 0.507 e. The number of aryl methyl sites for hydroxylation is 1. The van der Waals surface area contributed by atoms with Crippen LogP contribution in [0.1, 0.15) is 5.69 Å². The summed E-state index contributed by atoms with van der Waals surface area (Å²) in [6.45, 7) is 1.84. The molecule has 1 aromatic heterocycles. The molecule has 0 radical (unpaired) electrons. The predicted octanol–water partition coefficient (Wildman–Crippen LogP) is 3.45. The van der Waals surface area contributed by atoms with Gasteiger partial charge in [-0.1, -0.05) is 24.3 Å². The van der Waals surface area contributed by atoms with Gasteiger partial charge in [0.05, 0.1) is 0 Å². The summed E-state index contributed by atoms with van der Waals surface area (Å²) in [7, 11) is 0. The average Bonchev–Trinajstić information content (AvgIpc) is 2.44. The molecule has 2 aromatic carbocycles. The zero-order valence-corrected chi connectivity index (χ0v) is 11.5. The number of anilines is 2. The molecule has 3 rings (SSSR count). The lowest BCUT2D eigenvalue weighted by molar-refractivity contribution is 0.481. The Hall–Kier alpha value is -2.47. The number of fused-ring (bicyclic) bond motifs is 1. The smallest absolute Gasteiger partial charge is 0.215 e. The lowest BCUT2D eigenvalue weighted by atomic mass is 10.1. The predicted molar refractivity (Wildman–Crippen MR) is 80.8 cm³/mol. The van der Waals surface area contributed by atoms with Crippen LogP contribution in [-0.4, -0.2) is 20.3 Å². The third-order valence-corrected chi connectivity index (χ3v) is 3.21. The Labute approximate surface area is 120 Å². The fraction of sp³-hybridized carbons (Fsp3) is 0.0714. The van der Waals surface area contributed by atoms with E-state index in [4.69, 9.17) is 12.2 Å². The van der Waals surface area contributed by atoms with E-state index in [1.54, 1.807) is 12.1 Å². The van der Waals surface area contributed by atoms with Crippen molar-refractivity contribution in [3.63, 3.8) is 0 Å². The fourth-order valence-electron chi connectivity index (χ4n) is 2.04. The molecule has 0 bridgehead atoms. The van der Waals surface area contributed by atoms with Crippen LogP contribution in [0.3, 0.4) is 0 Å². The maximum Gasteiger partial charge on any atom is 0.215 e. The van der Waals surface area contributed by atoms with Crippen molar-refractivity contribution in [2.45, 2.75) is 6.92 Å². The lowest BCUT2D eigenvalue weighted by Crippen LogP contribution is -2.01. The van der Waals surface area contributed by atoms with E-state index in [0.717, 1.165) is 22.2 Å². The van der Waals surface area contributed by atoms with Gasteiger partial charge in [0.15, 0.2) is 5.82 Å². The first-order valence-corrected chi connectivity index (χ1v) is 6.47. The molecule has 0 spiro atoms. The number of benzene rings is 2. The van der Waals surface area contributed by atoms with Crippen molar-refractivity contribution in [3.8, 4) is 5.75 Å². The quantitative estimate of drug-likeness (QED) is 0.629. The second kappa shape index (κ2) is 4.90. The molecule has 100 valence electrons. The molecule has 3 aromatic rings. The number of aromatic amines is 1. The Morgan fingerprint density at radius 1 is 1.15 bits per heavy atom. The third kappa shape index (κ3) is 2.21. The van der Waals surface area contributed by atoms with E-state index in [9.17, 15) is 5.11 Å². The highest BCUT2D eigenvalue weighted by molar-refractivity contribution is 7.71. The molecule has 0 aliphatic rings. The van der Waals surface area contributed by atoms with Crippen molar-refractivity contribution in [1.29, 1.82) is 0 Å². The van der Waals surface area contributed by atoms with Gasteiger partial charge in [0, 0.05) is 16.5 Å². The Morgan fingerprint density at radius 2 is 1.90 bits per heavy atom. The highest BCUT2D eigenvalue weighted by Crippen LogP contribution is 2.31. The monoisotopic (exact) mass is 284 g/mol. The summed E-state index contributed by atoms with van der Waals surface area (Å²) in [5.41, 5.74) is 1.56. The van der Waals surface area contributed by atoms with E-state index >= 15 is 0 Å². The molecule has 0 saturated carbocycles. The number of phenolic OH excluding ortho intramolecular Hbond substituents is 1. The molecular weight excluding hydrogens is 272 g/mol. The van der Waals surface area contributed by atoms with Gasteiger partial charge < -0.3 is 10.4 Å². The minimum Gasteiger partial charge on any atom is -0.507 e. The van der Waals surface area contributed by atoms with Crippen molar-refractivity contribution < 1.29 is 5.11 Å². The molecule has 0 amide bonds. The number of rotatable bonds is 2. The molecule has 0 aliphatic carbocycles. The molecule has 0 aliphatic heterocycles. The molecule has 0 saturated heterocycles. The van der Waals surface area contributed by atoms with Crippen molar-refractivity contribution in [2.24, 2.45) is 0 Å². The van der Waals surface area contributed by atoms with Crippen LogP contribution in [-0.2, 0) is 0 Å². The molecule has 3 N–H and O–H groups in total. The van der Waals surface area contributed by atoms with Gasteiger partial charge >= 0.3 is 0 Å². The van der Waals surface area contributed by atoms with E-state index in [-0.39, 0.29) is 5.75 Å².